The van der Waals surface area contributed by atoms with Crippen LogP contribution in [0.4, 0.5) is 0 Å². The maximum absolute atomic E-state index is 12.3. The number of methoxy groups -OCH3 is 2. The fraction of sp³-hybridized carbons (Fsp3) is 0.167. The van der Waals surface area contributed by atoms with Gasteiger partial charge < -0.3 is 19.2 Å². The molecular formula is C18H17NO4. The van der Waals surface area contributed by atoms with E-state index in [4.69, 9.17) is 13.9 Å². The summed E-state index contributed by atoms with van der Waals surface area (Å²) in [5.74, 6) is 1.25. The van der Waals surface area contributed by atoms with Gasteiger partial charge >= 0.3 is 0 Å². The van der Waals surface area contributed by atoms with Crippen molar-refractivity contribution < 1.29 is 18.7 Å². The second-order valence-electron chi connectivity index (χ2n) is 4.98. The third kappa shape index (κ3) is 2.99. The predicted molar refractivity (Wildman–Crippen MR) is 86.9 cm³/mol. The predicted octanol–water partition coefficient (Wildman–Crippen LogP) is 3.38. The van der Waals surface area contributed by atoms with Gasteiger partial charge in [-0.15, -0.1) is 0 Å². The molecule has 0 unspecified atom stereocenters. The van der Waals surface area contributed by atoms with Gasteiger partial charge in [0, 0.05) is 17.5 Å². The number of furan rings is 1. The van der Waals surface area contributed by atoms with Crippen molar-refractivity contribution in [3.8, 4) is 11.5 Å². The van der Waals surface area contributed by atoms with Crippen LogP contribution in [0.1, 0.15) is 16.1 Å². The molecule has 118 valence electrons. The monoisotopic (exact) mass is 311 g/mol. The third-order valence-electron chi connectivity index (χ3n) is 3.57. The van der Waals surface area contributed by atoms with Crippen LogP contribution in [0.3, 0.4) is 0 Å². The van der Waals surface area contributed by atoms with Gasteiger partial charge in [0.25, 0.3) is 5.91 Å². The fourth-order valence-corrected chi connectivity index (χ4v) is 2.45. The summed E-state index contributed by atoms with van der Waals surface area (Å²) in [6.45, 7) is 0.316. The minimum Gasteiger partial charge on any atom is -0.493 e. The standard InChI is InChI=1S/C18H17NO4/c1-21-15-9-5-7-13(17(15)22-2)11-19-18(20)16-10-12-6-3-4-8-14(12)23-16/h3-10H,11H2,1-2H3,(H,19,20). The number of fused-ring (bicyclic) bond motifs is 1. The summed E-state index contributed by atoms with van der Waals surface area (Å²) in [5, 5.41) is 3.73. The average molecular weight is 311 g/mol. The number of benzene rings is 2. The highest BCUT2D eigenvalue weighted by molar-refractivity contribution is 5.96. The van der Waals surface area contributed by atoms with Gasteiger partial charge in [0.1, 0.15) is 5.58 Å². The SMILES string of the molecule is COc1cccc(CNC(=O)c2cc3ccccc3o2)c1OC. The van der Waals surface area contributed by atoms with Crippen molar-refractivity contribution in [1.82, 2.24) is 5.32 Å². The van der Waals surface area contributed by atoms with E-state index >= 15 is 0 Å². The number of amides is 1. The molecule has 0 bridgehead atoms. The van der Waals surface area contributed by atoms with Crippen molar-refractivity contribution in [3.05, 3.63) is 59.9 Å². The molecule has 2 aromatic carbocycles. The topological polar surface area (TPSA) is 60.7 Å². The molecule has 1 aromatic heterocycles. The van der Waals surface area contributed by atoms with E-state index in [2.05, 4.69) is 5.32 Å². The first-order valence-corrected chi connectivity index (χ1v) is 7.19. The third-order valence-corrected chi connectivity index (χ3v) is 3.57. The van der Waals surface area contributed by atoms with E-state index in [0.717, 1.165) is 10.9 Å². The normalized spacial score (nSPS) is 10.5. The van der Waals surface area contributed by atoms with Crippen LogP contribution in [0.5, 0.6) is 11.5 Å². The second-order valence-corrected chi connectivity index (χ2v) is 4.98. The maximum atomic E-state index is 12.3. The molecule has 1 amide bonds. The van der Waals surface area contributed by atoms with E-state index in [-0.39, 0.29) is 11.7 Å². The van der Waals surface area contributed by atoms with Gasteiger partial charge in [-0.2, -0.15) is 0 Å². The van der Waals surface area contributed by atoms with E-state index in [0.29, 0.717) is 23.6 Å². The highest BCUT2D eigenvalue weighted by atomic mass is 16.5. The first-order chi connectivity index (χ1) is 11.2. The lowest BCUT2D eigenvalue weighted by Gasteiger charge is -2.12. The molecule has 5 heteroatoms. The molecule has 3 aromatic rings. The lowest BCUT2D eigenvalue weighted by molar-refractivity contribution is 0.0925. The molecule has 0 aliphatic heterocycles. The summed E-state index contributed by atoms with van der Waals surface area (Å²) < 4.78 is 16.2. The summed E-state index contributed by atoms with van der Waals surface area (Å²) in [7, 11) is 3.15. The molecule has 0 aliphatic carbocycles. The largest absolute Gasteiger partial charge is 0.493 e. The number of carbonyl (C=O) groups is 1. The number of carbonyl (C=O) groups excluding carboxylic acids is 1. The minimum atomic E-state index is -0.272. The quantitative estimate of drug-likeness (QED) is 0.784. The Morgan fingerprint density at radius 1 is 1.09 bits per heavy atom. The van der Waals surface area contributed by atoms with Crippen LogP contribution >= 0.6 is 0 Å². The number of hydrogen-bond acceptors (Lipinski definition) is 4. The molecule has 0 aliphatic rings. The zero-order chi connectivity index (χ0) is 16.2. The van der Waals surface area contributed by atoms with Gasteiger partial charge in [0.15, 0.2) is 17.3 Å². The average Bonchev–Trinajstić information content (AvgIpc) is 3.03. The molecular weight excluding hydrogens is 294 g/mol. The zero-order valence-electron chi connectivity index (χ0n) is 13.0. The van der Waals surface area contributed by atoms with Crippen molar-refractivity contribution in [3.63, 3.8) is 0 Å². The van der Waals surface area contributed by atoms with Gasteiger partial charge in [0.2, 0.25) is 0 Å². The summed E-state index contributed by atoms with van der Waals surface area (Å²) in [6.07, 6.45) is 0. The van der Waals surface area contributed by atoms with E-state index in [1.807, 2.05) is 42.5 Å². The van der Waals surface area contributed by atoms with Crippen molar-refractivity contribution >= 4 is 16.9 Å². The van der Waals surface area contributed by atoms with E-state index < -0.39 is 0 Å². The van der Waals surface area contributed by atoms with E-state index in [9.17, 15) is 4.79 Å². The van der Waals surface area contributed by atoms with Gasteiger partial charge in [0.05, 0.1) is 14.2 Å². The minimum absolute atomic E-state index is 0.272. The summed E-state index contributed by atoms with van der Waals surface area (Å²) in [5.41, 5.74) is 1.52. The summed E-state index contributed by atoms with van der Waals surface area (Å²) in [4.78, 5) is 12.3. The van der Waals surface area contributed by atoms with Crippen molar-refractivity contribution in [1.29, 1.82) is 0 Å². The molecule has 0 spiro atoms. The lowest BCUT2D eigenvalue weighted by atomic mass is 10.2. The molecule has 1 heterocycles. The van der Waals surface area contributed by atoms with Crippen LogP contribution in [0.15, 0.2) is 52.9 Å². The number of rotatable bonds is 5. The molecule has 0 atom stereocenters. The first-order valence-electron chi connectivity index (χ1n) is 7.19. The van der Waals surface area contributed by atoms with Crippen LogP contribution in [0.2, 0.25) is 0 Å². The Labute approximate surface area is 133 Å². The van der Waals surface area contributed by atoms with Gasteiger partial charge in [-0.3, -0.25) is 4.79 Å². The van der Waals surface area contributed by atoms with Crippen LogP contribution in [-0.2, 0) is 6.54 Å². The number of nitrogens with one attached hydrogen (secondary N) is 1. The van der Waals surface area contributed by atoms with Crippen LogP contribution in [-0.4, -0.2) is 20.1 Å². The van der Waals surface area contributed by atoms with Crippen LogP contribution in [0, 0.1) is 0 Å². The highest BCUT2D eigenvalue weighted by Gasteiger charge is 2.14. The second kappa shape index (κ2) is 6.44. The number of ether oxygens (including phenoxy) is 2. The Morgan fingerprint density at radius 3 is 2.65 bits per heavy atom. The maximum Gasteiger partial charge on any atom is 0.287 e. The first kappa shape index (κ1) is 15.0. The van der Waals surface area contributed by atoms with Crippen molar-refractivity contribution in [2.24, 2.45) is 0 Å². The van der Waals surface area contributed by atoms with E-state index in [1.54, 1.807) is 20.3 Å². The van der Waals surface area contributed by atoms with Gasteiger partial charge in [-0.1, -0.05) is 30.3 Å². The molecule has 0 saturated heterocycles. The smallest absolute Gasteiger partial charge is 0.287 e. The molecule has 23 heavy (non-hydrogen) atoms. The Kier molecular flexibility index (Phi) is 4.19. The summed E-state index contributed by atoms with van der Waals surface area (Å²) in [6, 6.07) is 14.8. The molecule has 5 nitrogen and oxygen atoms in total. The highest BCUT2D eigenvalue weighted by Crippen LogP contribution is 2.30. The molecule has 0 saturated carbocycles. The van der Waals surface area contributed by atoms with Crippen LogP contribution < -0.4 is 14.8 Å². The Bertz CT molecular complexity index is 805. The van der Waals surface area contributed by atoms with Gasteiger partial charge in [-0.25, -0.2) is 0 Å². The Balaban J connectivity index is 1.76. The van der Waals surface area contributed by atoms with Crippen LogP contribution in [0.25, 0.3) is 11.0 Å². The number of para-hydroxylation sites is 2. The number of hydrogen-bond donors (Lipinski definition) is 1. The Hall–Kier alpha value is -2.95. The lowest BCUT2D eigenvalue weighted by Crippen LogP contribution is -2.22. The van der Waals surface area contributed by atoms with E-state index in [1.165, 1.54) is 0 Å². The fourth-order valence-electron chi connectivity index (χ4n) is 2.45. The summed E-state index contributed by atoms with van der Waals surface area (Å²) >= 11 is 0. The molecule has 1 N–H and O–H groups in total. The molecule has 0 radical (unpaired) electrons. The molecule has 0 fully saturated rings. The van der Waals surface area contributed by atoms with Gasteiger partial charge in [-0.05, 0) is 18.2 Å². The Morgan fingerprint density at radius 2 is 1.91 bits per heavy atom. The zero-order valence-corrected chi connectivity index (χ0v) is 13.0. The van der Waals surface area contributed by atoms with Crippen molar-refractivity contribution in [2.75, 3.05) is 14.2 Å². The van der Waals surface area contributed by atoms with Crippen molar-refractivity contribution in [2.45, 2.75) is 6.54 Å². The molecule has 3 rings (SSSR count).